The number of hydrogen-bond donors (Lipinski definition) is 5. The summed E-state index contributed by atoms with van der Waals surface area (Å²) >= 11 is 0. The largest absolute Gasteiger partial charge is 0.472 e. The molecule has 0 aromatic heterocycles. The van der Waals surface area contributed by atoms with Gasteiger partial charge < -0.3 is 34.8 Å². The number of carbonyl (C=O) groups excluding carboxylic acids is 2. The molecule has 0 radical (unpaired) electrons. The van der Waals surface area contributed by atoms with Crippen molar-refractivity contribution in [2.24, 2.45) is 0 Å². The fourth-order valence-corrected chi connectivity index (χ4v) is 6.23. The summed E-state index contributed by atoms with van der Waals surface area (Å²) in [5, 5.41) is 38.5. The first-order valence-electron chi connectivity index (χ1n) is 21.5. The normalized spacial score (nSPS) is 15.6. The van der Waals surface area contributed by atoms with Crippen molar-refractivity contribution >= 4 is 19.8 Å². The number of rotatable bonds is 39. The number of aliphatic hydroxyl groups excluding tert-OH is 4. The summed E-state index contributed by atoms with van der Waals surface area (Å²) in [6, 6.07) is 0. The van der Waals surface area contributed by atoms with Gasteiger partial charge >= 0.3 is 19.8 Å². The number of hydrogen-bond acceptors (Lipinski definition) is 11. The van der Waals surface area contributed by atoms with Crippen LogP contribution in [-0.4, -0.2) is 88.1 Å². The third-order valence-electron chi connectivity index (χ3n) is 8.85. The van der Waals surface area contributed by atoms with Crippen molar-refractivity contribution in [1.29, 1.82) is 0 Å². The minimum absolute atomic E-state index is 0.0669. The molecule has 57 heavy (non-hydrogen) atoms. The van der Waals surface area contributed by atoms with Crippen LogP contribution in [0.1, 0.15) is 155 Å². The van der Waals surface area contributed by atoms with E-state index in [2.05, 4.69) is 30.5 Å². The molecule has 0 spiro atoms. The van der Waals surface area contributed by atoms with Crippen molar-refractivity contribution in [2.45, 2.75) is 180 Å². The lowest BCUT2D eigenvalue weighted by molar-refractivity contribution is -0.161. The number of ether oxygens (including phenoxy) is 2. The molecule has 0 aliphatic heterocycles. The van der Waals surface area contributed by atoms with Crippen LogP contribution in [0.15, 0.2) is 60.8 Å². The number of esters is 2. The molecular weight excluding hydrogens is 751 g/mol. The van der Waals surface area contributed by atoms with E-state index in [9.17, 15) is 34.4 Å². The fraction of sp³-hybridized carbons (Fsp3) is 0.727. The van der Waals surface area contributed by atoms with Crippen molar-refractivity contribution in [1.82, 2.24) is 0 Å². The van der Waals surface area contributed by atoms with Crippen LogP contribution in [0.4, 0.5) is 0 Å². The smallest absolute Gasteiger partial charge is 0.462 e. The molecule has 0 bridgehead atoms. The topological polar surface area (TPSA) is 189 Å². The summed E-state index contributed by atoms with van der Waals surface area (Å²) in [6.07, 6.45) is 35.4. The fourth-order valence-electron chi connectivity index (χ4n) is 5.44. The van der Waals surface area contributed by atoms with E-state index in [1.165, 1.54) is 44.9 Å². The first-order chi connectivity index (χ1) is 27.5. The van der Waals surface area contributed by atoms with Gasteiger partial charge in [-0.25, -0.2) is 4.57 Å². The number of allylic oxidation sites excluding steroid dienone is 8. The Labute approximate surface area is 343 Å². The van der Waals surface area contributed by atoms with Crippen molar-refractivity contribution < 1.29 is 58.0 Å². The van der Waals surface area contributed by atoms with Gasteiger partial charge in [0.25, 0.3) is 0 Å². The highest BCUT2D eigenvalue weighted by Crippen LogP contribution is 2.43. The molecule has 0 heterocycles. The Kier molecular flexibility index (Phi) is 37.4. The molecule has 0 aromatic rings. The molecule has 0 aliphatic carbocycles. The lowest BCUT2D eigenvalue weighted by atomic mass is 10.1. The van der Waals surface area contributed by atoms with Crippen LogP contribution in [0.3, 0.4) is 0 Å². The maximum atomic E-state index is 12.6. The molecule has 1 unspecified atom stereocenters. The van der Waals surface area contributed by atoms with Gasteiger partial charge in [-0.05, 0) is 57.8 Å². The lowest BCUT2D eigenvalue weighted by Crippen LogP contribution is -2.30. The Morgan fingerprint density at radius 1 is 0.596 bits per heavy atom. The standard InChI is InChI=1S/C44H77O12P/c1-3-5-7-8-9-10-11-12-13-14-15-16-20-23-27-33-43(49)53-37-42(38-55-57(51,52)54-36-41(48)35-45)56-44(50)34-28-32-40(47)31-26-22-19-17-18-21-25-30-39(46)29-24-6-4-2/h10-11,18-19,21-22,25-26,30-31,39-42,45-48H,3-9,12-17,20,23-24,27-29,32-38H2,1-2H3,(H,51,52)/b11-10-,21-18-,22-19-,30-25+,31-26+/t39-,40-,41+,42-/m1/s1. The van der Waals surface area contributed by atoms with Gasteiger partial charge in [0.1, 0.15) is 12.7 Å². The average Bonchev–Trinajstić information content (AvgIpc) is 3.18. The molecule has 0 rings (SSSR count). The van der Waals surface area contributed by atoms with Gasteiger partial charge in [0.15, 0.2) is 6.10 Å². The van der Waals surface area contributed by atoms with E-state index in [-0.39, 0.29) is 25.7 Å². The Hall–Kier alpha value is -2.41. The second-order valence-electron chi connectivity index (χ2n) is 14.4. The van der Waals surface area contributed by atoms with Gasteiger partial charge in [-0.15, -0.1) is 0 Å². The van der Waals surface area contributed by atoms with Gasteiger partial charge in [-0.3, -0.25) is 18.6 Å². The molecule has 0 amide bonds. The number of aliphatic hydroxyl groups is 4. The first-order valence-corrected chi connectivity index (χ1v) is 23.0. The predicted molar refractivity (Wildman–Crippen MR) is 226 cm³/mol. The van der Waals surface area contributed by atoms with E-state index in [1.54, 1.807) is 18.2 Å². The maximum absolute atomic E-state index is 12.6. The Bertz CT molecular complexity index is 1170. The number of phosphoric acid groups is 1. The minimum atomic E-state index is -4.68. The maximum Gasteiger partial charge on any atom is 0.472 e. The van der Waals surface area contributed by atoms with Crippen LogP contribution in [0, 0.1) is 0 Å². The molecule has 13 heteroatoms. The monoisotopic (exact) mass is 829 g/mol. The van der Waals surface area contributed by atoms with Crippen molar-refractivity contribution in [2.75, 3.05) is 26.4 Å². The minimum Gasteiger partial charge on any atom is -0.462 e. The van der Waals surface area contributed by atoms with E-state index in [0.29, 0.717) is 12.8 Å². The Morgan fingerprint density at radius 2 is 1.11 bits per heavy atom. The molecule has 0 fully saturated rings. The van der Waals surface area contributed by atoms with Crippen molar-refractivity contribution in [3.63, 3.8) is 0 Å². The quantitative estimate of drug-likeness (QED) is 0.0130. The second-order valence-corrected chi connectivity index (χ2v) is 15.9. The highest BCUT2D eigenvalue weighted by molar-refractivity contribution is 7.47. The summed E-state index contributed by atoms with van der Waals surface area (Å²) in [6.45, 7) is 1.98. The molecule has 0 saturated carbocycles. The molecule has 5 atom stereocenters. The van der Waals surface area contributed by atoms with Crippen LogP contribution in [0.25, 0.3) is 0 Å². The lowest BCUT2D eigenvalue weighted by Gasteiger charge is -2.20. The van der Waals surface area contributed by atoms with E-state index in [4.69, 9.17) is 19.1 Å². The average molecular weight is 829 g/mol. The van der Waals surface area contributed by atoms with Crippen molar-refractivity contribution in [3.8, 4) is 0 Å². The molecule has 0 aliphatic rings. The summed E-state index contributed by atoms with van der Waals surface area (Å²) in [5.41, 5.74) is 0. The second kappa shape index (κ2) is 39.1. The van der Waals surface area contributed by atoms with E-state index >= 15 is 0 Å². The molecule has 12 nitrogen and oxygen atoms in total. The van der Waals surface area contributed by atoms with Crippen molar-refractivity contribution in [3.05, 3.63) is 60.8 Å². The van der Waals surface area contributed by atoms with Crippen LogP contribution in [-0.2, 0) is 32.7 Å². The third-order valence-corrected chi connectivity index (χ3v) is 9.80. The molecule has 330 valence electrons. The highest BCUT2D eigenvalue weighted by Gasteiger charge is 2.27. The van der Waals surface area contributed by atoms with Crippen LogP contribution in [0.5, 0.6) is 0 Å². The van der Waals surface area contributed by atoms with E-state index in [0.717, 1.165) is 57.8 Å². The number of unbranched alkanes of at least 4 members (excludes halogenated alkanes) is 13. The van der Waals surface area contributed by atoms with Crippen LogP contribution < -0.4 is 0 Å². The van der Waals surface area contributed by atoms with E-state index < -0.39 is 70.6 Å². The number of phosphoric ester groups is 1. The highest BCUT2D eigenvalue weighted by atomic mass is 31.2. The van der Waals surface area contributed by atoms with Crippen LogP contribution >= 0.6 is 7.82 Å². The van der Waals surface area contributed by atoms with Gasteiger partial charge in [-0.2, -0.15) is 0 Å². The SMILES string of the molecule is CCCCCC/C=C\CCCCCCCCCC(=O)OC[C@H](COP(=O)(O)OC[C@@H](O)CO)OC(=O)CCC[C@H](O)/C=C/C=C\C/C=C\C=C\[C@H](O)CCCCC. The number of carbonyl (C=O) groups is 2. The van der Waals surface area contributed by atoms with E-state index in [1.807, 2.05) is 30.4 Å². The summed E-state index contributed by atoms with van der Waals surface area (Å²) < 4.78 is 32.5. The summed E-state index contributed by atoms with van der Waals surface area (Å²) in [7, 11) is -4.68. The Morgan fingerprint density at radius 3 is 1.70 bits per heavy atom. The van der Waals surface area contributed by atoms with Gasteiger partial charge in [0.2, 0.25) is 0 Å². The van der Waals surface area contributed by atoms with Gasteiger partial charge in [0, 0.05) is 12.8 Å². The molecular formula is C44H77O12P. The molecule has 0 aromatic carbocycles. The van der Waals surface area contributed by atoms with Gasteiger partial charge in [-0.1, -0.05) is 145 Å². The zero-order chi connectivity index (χ0) is 42.2. The Balaban J connectivity index is 4.57. The van der Waals surface area contributed by atoms with Crippen LogP contribution in [0.2, 0.25) is 0 Å². The summed E-state index contributed by atoms with van der Waals surface area (Å²) in [5.74, 6) is -1.16. The molecule has 5 N–H and O–H groups in total. The zero-order valence-electron chi connectivity index (χ0n) is 35.0. The first kappa shape index (κ1) is 54.6. The van der Waals surface area contributed by atoms with Gasteiger partial charge in [0.05, 0.1) is 32.0 Å². The molecule has 0 saturated heterocycles. The zero-order valence-corrected chi connectivity index (χ0v) is 35.9. The third kappa shape index (κ3) is 38.9. The summed E-state index contributed by atoms with van der Waals surface area (Å²) in [4.78, 5) is 35.0. The predicted octanol–water partition coefficient (Wildman–Crippen LogP) is 9.05.